The highest BCUT2D eigenvalue weighted by Gasteiger charge is 2.13. The minimum absolute atomic E-state index is 0.155. The molecule has 1 aliphatic heterocycles. The Labute approximate surface area is 157 Å². The number of nitrogens with zero attached hydrogens (tertiary/aromatic N) is 1. The number of aryl methyl sites for hydroxylation is 1. The van der Waals surface area contributed by atoms with Gasteiger partial charge >= 0.3 is 0 Å². The van der Waals surface area contributed by atoms with Crippen molar-refractivity contribution in [2.45, 2.75) is 13.5 Å². The van der Waals surface area contributed by atoms with Crippen LogP contribution < -0.4 is 20.1 Å². The molecule has 2 heterocycles. The number of amides is 1. The fraction of sp³-hybridized carbons (Fsp3) is 0.143. The zero-order chi connectivity index (χ0) is 18.6. The van der Waals surface area contributed by atoms with Crippen molar-refractivity contribution in [1.82, 2.24) is 4.98 Å². The van der Waals surface area contributed by atoms with Crippen LogP contribution in [0, 0.1) is 6.92 Å². The van der Waals surface area contributed by atoms with Gasteiger partial charge in [-0.05, 0) is 48.9 Å². The van der Waals surface area contributed by atoms with E-state index in [2.05, 4.69) is 15.6 Å². The molecule has 6 heteroatoms. The van der Waals surface area contributed by atoms with Gasteiger partial charge in [0.15, 0.2) is 11.5 Å². The number of rotatable bonds is 5. The first-order chi connectivity index (χ1) is 13.2. The molecule has 27 heavy (non-hydrogen) atoms. The van der Waals surface area contributed by atoms with Crippen molar-refractivity contribution < 1.29 is 14.3 Å². The Morgan fingerprint density at radius 1 is 1.04 bits per heavy atom. The average molecular weight is 361 g/mol. The largest absolute Gasteiger partial charge is 0.454 e. The van der Waals surface area contributed by atoms with Crippen LogP contribution in [0.1, 0.15) is 21.5 Å². The van der Waals surface area contributed by atoms with Crippen molar-refractivity contribution in [1.29, 1.82) is 0 Å². The molecule has 2 aromatic carbocycles. The van der Waals surface area contributed by atoms with E-state index in [9.17, 15) is 4.79 Å². The minimum Gasteiger partial charge on any atom is -0.454 e. The number of hydrogen-bond donors (Lipinski definition) is 2. The Morgan fingerprint density at radius 3 is 2.63 bits per heavy atom. The first-order valence-corrected chi connectivity index (χ1v) is 8.64. The lowest BCUT2D eigenvalue weighted by atomic mass is 10.1. The predicted molar refractivity (Wildman–Crippen MR) is 103 cm³/mol. The molecule has 0 aliphatic carbocycles. The van der Waals surface area contributed by atoms with Gasteiger partial charge in [0, 0.05) is 12.1 Å². The third-order valence-corrected chi connectivity index (χ3v) is 4.25. The number of benzene rings is 2. The Bertz CT molecular complexity index is 953. The molecule has 4 rings (SSSR count). The average Bonchev–Trinajstić information content (AvgIpc) is 3.16. The van der Waals surface area contributed by atoms with Crippen LogP contribution in [-0.4, -0.2) is 17.7 Å². The number of anilines is 2. The Morgan fingerprint density at radius 2 is 1.85 bits per heavy atom. The summed E-state index contributed by atoms with van der Waals surface area (Å²) in [5.74, 6) is 2.10. The van der Waals surface area contributed by atoms with Crippen molar-refractivity contribution in [3.8, 4) is 11.5 Å². The summed E-state index contributed by atoms with van der Waals surface area (Å²) in [6.07, 6.45) is 1.63. The van der Waals surface area contributed by atoms with E-state index < -0.39 is 0 Å². The van der Waals surface area contributed by atoms with Gasteiger partial charge in [0.25, 0.3) is 5.91 Å². The van der Waals surface area contributed by atoms with Crippen molar-refractivity contribution in [3.05, 3.63) is 77.5 Å². The molecule has 0 fully saturated rings. The van der Waals surface area contributed by atoms with Crippen LogP contribution in [-0.2, 0) is 6.54 Å². The SMILES string of the molecule is Cc1ccc(C(=O)Nc2ccc(NCc3ccc4c(c3)OCO4)nc2)cc1. The van der Waals surface area contributed by atoms with Crippen LogP contribution in [0.25, 0.3) is 0 Å². The summed E-state index contributed by atoms with van der Waals surface area (Å²) < 4.78 is 10.7. The number of aromatic nitrogens is 1. The summed E-state index contributed by atoms with van der Waals surface area (Å²) in [7, 11) is 0. The van der Waals surface area contributed by atoms with E-state index in [-0.39, 0.29) is 12.7 Å². The number of carbonyl (C=O) groups excluding carboxylic acids is 1. The number of hydrogen-bond acceptors (Lipinski definition) is 5. The van der Waals surface area contributed by atoms with E-state index in [4.69, 9.17) is 9.47 Å². The van der Waals surface area contributed by atoms with E-state index in [0.29, 0.717) is 17.8 Å². The second-order valence-electron chi connectivity index (χ2n) is 6.29. The maximum Gasteiger partial charge on any atom is 0.255 e. The van der Waals surface area contributed by atoms with Crippen LogP contribution in [0.5, 0.6) is 11.5 Å². The Hall–Kier alpha value is -3.54. The summed E-state index contributed by atoms with van der Waals surface area (Å²) in [6.45, 7) is 2.86. The van der Waals surface area contributed by atoms with E-state index in [1.807, 2.05) is 49.4 Å². The van der Waals surface area contributed by atoms with Crippen LogP contribution in [0.2, 0.25) is 0 Å². The lowest BCUT2D eigenvalue weighted by molar-refractivity contribution is 0.102. The maximum atomic E-state index is 12.2. The summed E-state index contributed by atoms with van der Waals surface area (Å²) in [5.41, 5.74) is 3.45. The second-order valence-corrected chi connectivity index (χ2v) is 6.29. The number of pyridine rings is 1. The smallest absolute Gasteiger partial charge is 0.255 e. The van der Waals surface area contributed by atoms with Crippen molar-refractivity contribution in [2.75, 3.05) is 17.4 Å². The molecular formula is C21H19N3O3. The highest BCUT2D eigenvalue weighted by molar-refractivity contribution is 6.04. The molecular weight excluding hydrogens is 342 g/mol. The third kappa shape index (κ3) is 4.00. The summed E-state index contributed by atoms with van der Waals surface area (Å²) in [6, 6.07) is 16.9. The van der Waals surface area contributed by atoms with Gasteiger partial charge in [-0.15, -0.1) is 0 Å². The topological polar surface area (TPSA) is 72.5 Å². The molecule has 0 bridgehead atoms. The van der Waals surface area contributed by atoms with E-state index in [1.165, 1.54) is 0 Å². The van der Waals surface area contributed by atoms with Gasteiger partial charge in [-0.2, -0.15) is 0 Å². The van der Waals surface area contributed by atoms with Crippen LogP contribution >= 0.6 is 0 Å². The van der Waals surface area contributed by atoms with E-state index >= 15 is 0 Å². The van der Waals surface area contributed by atoms with Crippen molar-refractivity contribution in [2.24, 2.45) is 0 Å². The number of fused-ring (bicyclic) bond motifs is 1. The van der Waals surface area contributed by atoms with Crippen molar-refractivity contribution in [3.63, 3.8) is 0 Å². The molecule has 1 amide bonds. The fourth-order valence-electron chi connectivity index (χ4n) is 2.72. The van der Waals surface area contributed by atoms with Gasteiger partial charge in [-0.3, -0.25) is 4.79 Å². The number of ether oxygens (including phenoxy) is 2. The fourth-order valence-corrected chi connectivity index (χ4v) is 2.72. The van der Waals surface area contributed by atoms with Gasteiger partial charge < -0.3 is 20.1 Å². The van der Waals surface area contributed by atoms with Crippen molar-refractivity contribution >= 4 is 17.4 Å². The van der Waals surface area contributed by atoms with Crippen LogP contribution in [0.3, 0.4) is 0 Å². The minimum atomic E-state index is -0.155. The molecule has 1 aromatic heterocycles. The first kappa shape index (κ1) is 16.9. The van der Waals surface area contributed by atoms with Gasteiger partial charge in [-0.25, -0.2) is 4.98 Å². The van der Waals surface area contributed by atoms with Crippen LogP contribution in [0.15, 0.2) is 60.8 Å². The molecule has 2 N–H and O–H groups in total. The predicted octanol–water partition coefficient (Wildman–Crippen LogP) is 3.98. The molecule has 136 valence electrons. The lowest BCUT2D eigenvalue weighted by Gasteiger charge is -2.09. The van der Waals surface area contributed by atoms with Crippen LogP contribution in [0.4, 0.5) is 11.5 Å². The van der Waals surface area contributed by atoms with Gasteiger partial charge in [0.05, 0.1) is 11.9 Å². The highest BCUT2D eigenvalue weighted by Crippen LogP contribution is 2.32. The number of nitrogens with one attached hydrogen (secondary N) is 2. The Balaban J connectivity index is 1.34. The monoisotopic (exact) mass is 361 g/mol. The normalized spacial score (nSPS) is 11.9. The molecule has 0 radical (unpaired) electrons. The molecule has 1 aliphatic rings. The quantitative estimate of drug-likeness (QED) is 0.719. The van der Waals surface area contributed by atoms with E-state index in [1.54, 1.807) is 18.3 Å². The molecule has 0 saturated carbocycles. The van der Waals surface area contributed by atoms with Gasteiger partial charge in [0.1, 0.15) is 5.82 Å². The zero-order valence-electron chi connectivity index (χ0n) is 14.9. The van der Waals surface area contributed by atoms with E-state index in [0.717, 1.165) is 28.4 Å². The molecule has 3 aromatic rings. The molecule has 0 saturated heterocycles. The first-order valence-electron chi connectivity index (χ1n) is 8.64. The molecule has 0 atom stereocenters. The summed E-state index contributed by atoms with van der Waals surface area (Å²) in [4.78, 5) is 16.6. The van der Waals surface area contributed by atoms with Gasteiger partial charge in [0.2, 0.25) is 6.79 Å². The zero-order valence-corrected chi connectivity index (χ0v) is 14.9. The summed E-state index contributed by atoms with van der Waals surface area (Å²) in [5, 5.41) is 6.10. The molecule has 0 spiro atoms. The standard InChI is InChI=1S/C21H19N3O3/c1-14-2-5-16(6-3-14)21(25)24-17-7-9-20(23-12-17)22-11-15-4-8-18-19(10-15)27-13-26-18/h2-10,12H,11,13H2,1H3,(H,22,23)(H,24,25). The highest BCUT2D eigenvalue weighted by atomic mass is 16.7. The molecule has 0 unspecified atom stereocenters. The lowest BCUT2D eigenvalue weighted by Crippen LogP contribution is -2.12. The van der Waals surface area contributed by atoms with Gasteiger partial charge in [-0.1, -0.05) is 23.8 Å². The second kappa shape index (κ2) is 7.37. The Kier molecular flexibility index (Phi) is 4.61. The maximum absolute atomic E-state index is 12.2. The number of carbonyl (C=O) groups is 1. The third-order valence-electron chi connectivity index (χ3n) is 4.25. The molecule has 6 nitrogen and oxygen atoms in total. The summed E-state index contributed by atoms with van der Waals surface area (Å²) >= 11 is 0.